The molecule has 0 unspecified atom stereocenters. The van der Waals surface area contributed by atoms with E-state index in [-0.39, 0.29) is 24.7 Å². The molecule has 0 bridgehead atoms. The molecule has 1 aromatic rings. The Bertz CT molecular complexity index is 680. The molecular formula is C17H19N3O3S. The van der Waals surface area contributed by atoms with E-state index in [0.717, 1.165) is 11.4 Å². The highest BCUT2D eigenvalue weighted by molar-refractivity contribution is 7.99. The Morgan fingerprint density at radius 3 is 2.96 bits per heavy atom. The van der Waals surface area contributed by atoms with Crippen LogP contribution in [-0.2, 0) is 9.59 Å². The number of benzene rings is 1. The Labute approximate surface area is 145 Å². The predicted molar refractivity (Wildman–Crippen MR) is 92.0 cm³/mol. The molecule has 126 valence electrons. The summed E-state index contributed by atoms with van der Waals surface area (Å²) in [6.07, 6.45) is 0.867. The van der Waals surface area contributed by atoms with Gasteiger partial charge in [-0.3, -0.25) is 9.59 Å². The van der Waals surface area contributed by atoms with Crippen molar-refractivity contribution in [1.29, 1.82) is 5.26 Å². The van der Waals surface area contributed by atoms with E-state index in [4.69, 9.17) is 4.74 Å². The van der Waals surface area contributed by atoms with Crippen LogP contribution in [0.25, 0.3) is 0 Å². The lowest BCUT2D eigenvalue weighted by Crippen LogP contribution is -2.47. The van der Waals surface area contributed by atoms with Gasteiger partial charge in [-0.05, 0) is 24.3 Å². The van der Waals surface area contributed by atoms with Crippen molar-refractivity contribution in [3.8, 4) is 11.8 Å². The number of rotatable bonds is 4. The number of ether oxygens (including phenoxy) is 1. The third-order valence-corrected chi connectivity index (χ3v) is 5.40. The molecule has 0 saturated carbocycles. The molecule has 1 atom stereocenters. The first-order valence-electron chi connectivity index (χ1n) is 7.96. The lowest BCUT2D eigenvalue weighted by atomic mass is 10.0. The number of nitrogens with one attached hydrogen (secondary N) is 1. The third kappa shape index (κ3) is 3.49. The molecule has 3 rings (SSSR count). The fourth-order valence-electron chi connectivity index (χ4n) is 2.89. The van der Waals surface area contributed by atoms with Gasteiger partial charge in [0.25, 0.3) is 0 Å². The molecule has 1 saturated heterocycles. The van der Waals surface area contributed by atoms with Crippen LogP contribution in [0.1, 0.15) is 19.3 Å². The van der Waals surface area contributed by atoms with Crippen molar-refractivity contribution < 1.29 is 14.3 Å². The molecule has 7 heteroatoms. The Kier molecular flexibility index (Phi) is 4.95. The van der Waals surface area contributed by atoms with Gasteiger partial charge < -0.3 is 15.0 Å². The van der Waals surface area contributed by atoms with Gasteiger partial charge in [0.15, 0.2) is 0 Å². The van der Waals surface area contributed by atoms with Crippen LogP contribution < -0.4 is 15.0 Å². The van der Waals surface area contributed by atoms with Gasteiger partial charge in [0, 0.05) is 18.6 Å². The number of nitrogens with zero attached hydrogens (tertiary/aromatic N) is 2. The van der Waals surface area contributed by atoms with Gasteiger partial charge in [-0.15, -0.1) is 0 Å². The van der Waals surface area contributed by atoms with Crippen molar-refractivity contribution in [2.75, 3.05) is 29.6 Å². The summed E-state index contributed by atoms with van der Waals surface area (Å²) >= 11 is 1.66. The molecular weight excluding hydrogens is 326 g/mol. The maximum atomic E-state index is 12.5. The molecule has 2 heterocycles. The highest BCUT2D eigenvalue weighted by atomic mass is 32.2. The molecule has 0 spiro atoms. The zero-order valence-corrected chi connectivity index (χ0v) is 14.1. The summed E-state index contributed by atoms with van der Waals surface area (Å²) in [5.41, 5.74) is -0.0223. The molecule has 2 aliphatic rings. The van der Waals surface area contributed by atoms with Gasteiger partial charge in [-0.2, -0.15) is 17.0 Å². The molecule has 0 radical (unpaired) electrons. The highest BCUT2D eigenvalue weighted by Gasteiger charge is 2.36. The van der Waals surface area contributed by atoms with Crippen LogP contribution in [0.4, 0.5) is 5.69 Å². The summed E-state index contributed by atoms with van der Waals surface area (Å²) in [5.74, 6) is 1.83. The monoisotopic (exact) mass is 345 g/mol. The zero-order chi connectivity index (χ0) is 17.0. The Hall–Kier alpha value is -2.20. The zero-order valence-electron chi connectivity index (χ0n) is 13.3. The van der Waals surface area contributed by atoms with Gasteiger partial charge in [0.05, 0.1) is 18.3 Å². The van der Waals surface area contributed by atoms with Crippen LogP contribution in [0.15, 0.2) is 24.3 Å². The van der Waals surface area contributed by atoms with Gasteiger partial charge in [-0.1, -0.05) is 12.1 Å². The van der Waals surface area contributed by atoms with E-state index in [1.54, 1.807) is 16.7 Å². The number of anilines is 1. The van der Waals surface area contributed by atoms with Crippen LogP contribution in [0.5, 0.6) is 5.75 Å². The molecule has 2 amide bonds. The van der Waals surface area contributed by atoms with E-state index < -0.39 is 5.54 Å². The van der Waals surface area contributed by atoms with Gasteiger partial charge in [0.1, 0.15) is 17.9 Å². The minimum absolute atomic E-state index is 0.0897. The number of fused-ring (bicyclic) bond motifs is 1. The van der Waals surface area contributed by atoms with E-state index in [9.17, 15) is 14.9 Å². The van der Waals surface area contributed by atoms with Gasteiger partial charge in [0.2, 0.25) is 11.8 Å². The summed E-state index contributed by atoms with van der Waals surface area (Å²) in [5, 5.41) is 12.1. The molecule has 6 nitrogen and oxygen atoms in total. The van der Waals surface area contributed by atoms with E-state index in [1.807, 2.05) is 24.3 Å². The fourth-order valence-corrected chi connectivity index (χ4v) is 4.16. The minimum atomic E-state index is -0.767. The largest absolute Gasteiger partial charge is 0.490 e. The molecule has 1 fully saturated rings. The highest BCUT2D eigenvalue weighted by Crippen LogP contribution is 2.31. The van der Waals surface area contributed by atoms with Crippen LogP contribution in [-0.4, -0.2) is 42.0 Å². The number of para-hydroxylation sites is 2. The van der Waals surface area contributed by atoms with E-state index in [2.05, 4.69) is 11.4 Å². The molecule has 24 heavy (non-hydrogen) atoms. The standard InChI is InChI=1S/C17H19N3O3S/c18-11-17(7-10-24-12-17)19-15(21)5-6-16(22)20-8-9-23-14-4-2-1-3-13(14)20/h1-4H,5-10,12H2,(H,19,21)/t17-/m1/s1. The molecule has 0 aromatic heterocycles. The summed E-state index contributed by atoms with van der Waals surface area (Å²) in [4.78, 5) is 26.3. The normalized spacial score (nSPS) is 22.2. The summed E-state index contributed by atoms with van der Waals surface area (Å²) in [7, 11) is 0. The molecule has 2 aliphatic heterocycles. The first-order valence-corrected chi connectivity index (χ1v) is 9.11. The smallest absolute Gasteiger partial charge is 0.227 e. The second kappa shape index (κ2) is 7.14. The van der Waals surface area contributed by atoms with Gasteiger partial charge in [-0.25, -0.2) is 0 Å². The fraction of sp³-hybridized carbons (Fsp3) is 0.471. The van der Waals surface area contributed by atoms with Gasteiger partial charge >= 0.3 is 0 Å². The maximum Gasteiger partial charge on any atom is 0.227 e. The second-order valence-electron chi connectivity index (χ2n) is 5.91. The van der Waals surface area contributed by atoms with Crippen molar-refractivity contribution in [1.82, 2.24) is 5.32 Å². The Morgan fingerprint density at radius 1 is 1.38 bits per heavy atom. The number of carbonyl (C=O) groups excluding carboxylic acids is 2. The summed E-state index contributed by atoms with van der Waals surface area (Å²) in [6.45, 7) is 0.931. The lowest BCUT2D eigenvalue weighted by molar-refractivity contribution is -0.126. The average Bonchev–Trinajstić information content (AvgIpc) is 3.08. The maximum absolute atomic E-state index is 12.5. The minimum Gasteiger partial charge on any atom is -0.490 e. The Morgan fingerprint density at radius 2 is 2.21 bits per heavy atom. The van der Waals surface area contributed by atoms with Crippen molar-refractivity contribution in [3.05, 3.63) is 24.3 Å². The number of hydrogen-bond acceptors (Lipinski definition) is 5. The van der Waals surface area contributed by atoms with Crippen LogP contribution in [0, 0.1) is 11.3 Å². The van der Waals surface area contributed by atoms with Crippen LogP contribution >= 0.6 is 11.8 Å². The van der Waals surface area contributed by atoms with Crippen LogP contribution in [0.2, 0.25) is 0 Å². The number of nitriles is 1. The Balaban J connectivity index is 1.56. The molecule has 0 aliphatic carbocycles. The number of carbonyl (C=O) groups is 2. The molecule has 1 aromatic carbocycles. The van der Waals surface area contributed by atoms with E-state index >= 15 is 0 Å². The SMILES string of the molecule is N#C[C@]1(NC(=O)CCC(=O)N2CCOc3ccccc32)CCSC1. The van der Waals surface area contributed by atoms with Crippen LogP contribution in [0.3, 0.4) is 0 Å². The van der Waals surface area contributed by atoms with E-state index in [1.165, 1.54) is 0 Å². The van der Waals surface area contributed by atoms with Crippen molar-refractivity contribution >= 4 is 29.3 Å². The number of hydrogen-bond donors (Lipinski definition) is 1. The second-order valence-corrected chi connectivity index (χ2v) is 7.01. The first kappa shape index (κ1) is 16.7. The van der Waals surface area contributed by atoms with Crippen molar-refractivity contribution in [3.63, 3.8) is 0 Å². The van der Waals surface area contributed by atoms with Crippen molar-refractivity contribution in [2.45, 2.75) is 24.8 Å². The quantitative estimate of drug-likeness (QED) is 0.898. The lowest BCUT2D eigenvalue weighted by Gasteiger charge is -2.29. The van der Waals surface area contributed by atoms with E-state index in [0.29, 0.717) is 31.1 Å². The predicted octanol–water partition coefficient (Wildman–Crippen LogP) is 1.71. The summed E-state index contributed by atoms with van der Waals surface area (Å²) < 4.78 is 5.53. The van der Waals surface area contributed by atoms with Crippen molar-refractivity contribution in [2.24, 2.45) is 0 Å². The third-order valence-electron chi connectivity index (χ3n) is 4.21. The topological polar surface area (TPSA) is 82.4 Å². The average molecular weight is 345 g/mol. The molecule has 1 N–H and O–H groups in total. The first-order chi connectivity index (χ1) is 11.6. The number of amides is 2. The number of thioether (sulfide) groups is 1. The summed E-state index contributed by atoms with van der Waals surface area (Å²) in [6, 6.07) is 9.60.